The number of hydrogen-bond acceptors (Lipinski definition) is 4. The van der Waals surface area contributed by atoms with Gasteiger partial charge in [-0.05, 0) is 24.5 Å². The number of nitrogen functional groups attached to an aromatic ring is 1. The first-order valence-electron chi connectivity index (χ1n) is 10.2. The molecule has 2 aromatic heterocycles. The molecule has 0 aliphatic rings. The average molecular weight is 441 g/mol. The molecule has 0 saturated heterocycles. The van der Waals surface area contributed by atoms with E-state index < -0.39 is 12.1 Å². The van der Waals surface area contributed by atoms with Gasteiger partial charge < -0.3 is 15.2 Å². The lowest BCUT2D eigenvalue weighted by molar-refractivity contribution is -0.186. The molecule has 0 atom stereocenters. The van der Waals surface area contributed by atoms with Crippen LogP contribution in [0.2, 0.25) is 0 Å². The molecule has 4 aromatic rings. The van der Waals surface area contributed by atoms with Crippen LogP contribution in [-0.2, 0) is 17.9 Å². The Morgan fingerprint density at radius 1 is 1.03 bits per heavy atom. The maximum Gasteiger partial charge on any atom is 0.471 e. The summed E-state index contributed by atoms with van der Waals surface area (Å²) in [6, 6.07) is 16.2. The monoisotopic (exact) mass is 441 g/mol. The van der Waals surface area contributed by atoms with Gasteiger partial charge in [0.1, 0.15) is 5.52 Å². The van der Waals surface area contributed by atoms with E-state index in [1.165, 1.54) is 0 Å². The molecular weight excluding hydrogens is 419 g/mol. The maximum atomic E-state index is 13.1. The van der Waals surface area contributed by atoms with Crippen molar-refractivity contribution >= 4 is 33.7 Å². The Kier molecular flexibility index (Phi) is 5.98. The number of carbonyl (C=O) groups is 1. The Bertz CT molecular complexity index is 1240. The van der Waals surface area contributed by atoms with Crippen LogP contribution in [0, 0.1) is 0 Å². The predicted molar refractivity (Wildman–Crippen MR) is 117 cm³/mol. The Morgan fingerprint density at radius 2 is 1.75 bits per heavy atom. The zero-order chi connectivity index (χ0) is 22.7. The highest BCUT2D eigenvalue weighted by Crippen LogP contribution is 2.27. The molecule has 9 heteroatoms. The van der Waals surface area contributed by atoms with Gasteiger partial charge in [-0.25, -0.2) is 9.97 Å². The molecule has 2 N–H and O–H groups in total. The third kappa shape index (κ3) is 4.51. The summed E-state index contributed by atoms with van der Waals surface area (Å²) in [6.07, 6.45) is -2.26. The van der Waals surface area contributed by atoms with E-state index in [1.54, 1.807) is 36.7 Å². The van der Waals surface area contributed by atoms with Crippen LogP contribution >= 0.6 is 0 Å². The summed E-state index contributed by atoms with van der Waals surface area (Å²) in [5, 5.41) is 0.909. The third-order valence-corrected chi connectivity index (χ3v) is 5.30. The van der Waals surface area contributed by atoms with Gasteiger partial charge in [-0.2, -0.15) is 13.2 Å². The number of carbonyl (C=O) groups excluding carboxylic acids is 1. The fourth-order valence-electron chi connectivity index (χ4n) is 3.80. The number of rotatable bonds is 7. The standard InChI is InChI=1S/C23H22F3N5O/c24-23(25,26)22(32)30(14-16-8-2-1-3-9-16)12-6-7-13-31-15-28-19-20(31)17-10-4-5-11-18(17)29-21(19)27/h1-5,8-11,15H,6-7,12-14H2,(H2,27,29). The minimum Gasteiger partial charge on any atom is -0.382 e. The number of para-hydroxylation sites is 1. The van der Waals surface area contributed by atoms with Crippen LogP contribution in [-0.4, -0.2) is 38.1 Å². The molecule has 0 aliphatic heterocycles. The van der Waals surface area contributed by atoms with E-state index in [2.05, 4.69) is 9.97 Å². The Hall–Kier alpha value is -3.62. The van der Waals surface area contributed by atoms with Gasteiger partial charge in [0.15, 0.2) is 5.82 Å². The van der Waals surface area contributed by atoms with Crippen molar-refractivity contribution in [2.75, 3.05) is 12.3 Å². The third-order valence-electron chi connectivity index (χ3n) is 5.30. The predicted octanol–water partition coefficient (Wildman–Crippen LogP) is 4.54. The molecule has 4 rings (SSSR count). The molecule has 0 saturated carbocycles. The van der Waals surface area contributed by atoms with Crippen LogP contribution in [0.4, 0.5) is 19.0 Å². The minimum atomic E-state index is -4.90. The number of benzene rings is 2. The van der Waals surface area contributed by atoms with Crippen molar-refractivity contribution < 1.29 is 18.0 Å². The molecule has 0 aliphatic carbocycles. The molecule has 1 amide bonds. The van der Waals surface area contributed by atoms with Crippen molar-refractivity contribution in [1.82, 2.24) is 19.4 Å². The van der Waals surface area contributed by atoms with Crippen LogP contribution < -0.4 is 5.73 Å². The zero-order valence-electron chi connectivity index (χ0n) is 17.2. The first-order chi connectivity index (χ1) is 15.3. The Balaban J connectivity index is 1.47. The summed E-state index contributed by atoms with van der Waals surface area (Å²) in [5.74, 6) is -1.48. The number of pyridine rings is 1. The van der Waals surface area contributed by atoms with Gasteiger partial charge in [0, 0.05) is 25.0 Å². The highest BCUT2D eigenvalue weighted by Gasteiger charge is 2.42. The summed E-state index contributed by atoms with van der Waals surface area (Å²) in [6.45, 7) is 0.452. The van der Waals surface area contributed by atoms with Crippen LogP contribution in [0.25, 0.3) is 21.9 Å². The number of fused-ring (bicyclic) bond motifs is 3. The first-order valence-corrected chi connectivity index (χ1v) is 10.2. The number of unbranched alkanes of at least 4 members (excludes halogenated alkanes) is 1. The van der Waals surface area contributed by atoms with E-state index >= 15 is 0 Å². The number of alkyl halides is 3. The first kappa shape index (κ1) is 21.6. The summed E-state index contributed by atoms with van der Waals surface area (Å²) in [5.41, 5.74) is 8.89. The summed E-state index contributed by atoms with van der Waals surface area (Å²) >= 11 is 0. The lowest BCUT2D eigenvalue weighted by Crippen LogP contribution is -2.41. The summed E-state index contributed by atoms with van der Waals surface area (Å²) in [4.78, 5) is 21.5. The number of amides is 1. The largest absolute Gasteiger partial charge is 0.471 e. The Morgan fingerprint density at radius 3 is 2.50 bits per heavy atom. The van der Waals surface area contributed by atoms with Crippen molar-refractivity contribution in [1.29, 1.82) is 0 Å². The molecule has 6 nitrogen and oxygen atoms in total. The number of nitrogens with zero attached hydrogens (tertiary/aromatic N) is 4. The number of halogens is 3. The summed E-state index contributed by atoms with van der Waals surface area (Å²) in [7, 11) is 0. The molecule has 2 aromatic carbocycles. The molecule has 2 heterocycles. The van der Waals surface area contributed by atoms with Crippen molar-refractivity contribution in [3.63, 3.8) is 0 Å². The highest BCUT2D eigenvalue weighted by atomic mass is 19.4. The van der Waals surface area contributed by atoms with E-state index in [9.17, 15) is 18.0 Å². The molecule has 0 spiro atoms. The molecule has 32 heavy (non-hydrogen) atoms. The molecule has 0 radical (unpaired) electrons. The molecule has 166 valence electrons. The number of aryl methyl sites for hydroxylation is 1. The second-order valence-electron chi connectivity index (χ2n) is 7.57. The lowest BCUT2D eigenvalue weighted by atomic mass is 10.1. The van der Waals surface area contributed by atoms with Crippen molar-refractivity contribution in [3.8, 4) is 0 Å². The quantitative estimate of drug-likeness (QED) is 0.427. The van der Waals surface area contributed by atoms with Crippen LogP contribution in [0.1, 0.15) is 18.4 Å². The maximum absolute atomic E-state index is 13.1. The molecular formula is C23H22F3N5O. The second-order valence-corrected chi connectivity index (χ2v) is 7.57. The van der Waals surface area contributed by atoms with Crippen LogP contribution in [0.15, 0.2) is 60.9 Å². The number of anilines is 1. The van der Waals surface area contributed by atoms with E-state index in [1.807, 2.05) is 28.8 Å². The van der Waals surface area contributed by atoms with Gasteiger partial charge in [-0.15, -0.1) is 0 Å². The number of hydrogen-bond donors (Lipinski definition) is 1. The molecule has 0 bridgehead atoms. The minimum absolute atomic E-state index is 0.00428. The lowest BCUT2D eigenvalue weighted by Gasteiger charge is -2.24. The van der Waals surface area contributed by atoms with Gasteiger partial charge in [0.05, 0.1) is 17.4 Å². The van der Waals surface area contributed by atoms with Gasteiger partial charge in [0.25, 0.3) is 0 Å². The molecule has 0 fully saturated rings. The van der Waals surface area contributed by atoms with Gasteiger partial charge >= 0.3 is 12.1 Å². The fourth-order valence-corrected chi connectivity index (χ4v) is 3.80. The van der Waals surface area contributed by atoms with Crippen LogP contribution in [0.5, 0.6) is 0 Å². The SMILES string of the molecule is Nc1nc2ccccc2c2c1ncn2CCCCN(Cc1ccccc1)C(=O)C(F)(F)F. The van der Waals surface area contributed by atoms with Gasteiger partial charge in [-0.3, -0.25) is 4.79 Å². The van der Waals surface area contributed by atoms with E-state index in [0.717, 1.165) is 21.3 Å². The van der Waals surface area contributed by atoms with E-state index in [-0.39, 0.29) is 13.1 Å². The topological polar surface area (TPSA) is 77.0 Å². The normalized spacial score (nSPS) is 11.8. The van der Waals surface area contributed by atoms with E-state index in [0.29, 0.717) is 36.3 Å². The van der Waals surface area contributed by atoms with Gasteiger partial charge in [0.2, 0.25) is 0 Å². The Labute approximate surface area is 182 Å². The van der Waals surface area contributed by atoms with E-state index in [4.69, 9.17) is 5.73 Å². The fraction of sp³-hybridized carbons (Fsp3) is 0.261. The highest BCUT2D eigenvalue weighted by molar-refractivity contribution is 6.06. The van der Waals surface area contributed by atoms with Crippen LogP contribution in [0.3, 0.4) is 0 Å². The van der Waals surface area contributed by atoms with Crippen molar-refractivity contribution in [3.05, 3.63) is 66.5 Å². The van der Waals surface area contributed by atoms with Crippen molar-refractivity contribution in [2.45, 2.75) is 32.1 Å². The van der Waals surface area contributed by atoms with Crippen molar-refractivity contribution in [2.24, 2.45) is 0 Å². The number of nitrogens with two attached hydrogens (primary N) is 1. The summed E-state index contributed by atoms with van der Waals surface area (Å²) < 4.78 is 41.2. The smallest absolute Gasteiger partial charge is 0.382 e. The molecule has 0 unspecified atom stereocenters. The average Bonchev–Trinajstić information content (AvgIpc) is 3.20. The second kappa shape index (κ2) is 8.86. The zero-order valence-corrected chi connectivity index (χ0v) is 17.2. The number of imidazole rings is 1. The number of aromatic nitrogens is 3. The van der Waals surface area contributed by atoms with Gasteiger partial charge in [-0.1, -0.05) is 48.5 Å².